The number of pyridine rings is 1. The van der Waals surface area contributed by atoms with Crippen LogP contribution in [0.4, 0.5) is 4.39 Å². The Morgan fingerprint density at radius 3 is 2.83 bits per heavy atom. The minimum Gasteiger partial charge on any atom is -0.480 e. The highest BCUT2D eigenvalue weighted by Crippen LogP contribution is 2.48. The molecule has 0 aliphatic heterocycles. The van der Waals surface area contributed by atoms with Gasteiger partial charge in [0.15, 0.2) is 0 Å². The number of rotatable bonds is 8. The lowest BCUT2D eigenvalue weighted by atomic mass is 9.78. The number of ether oxygens (including phenoxy) is 1. The molecular formula is C29H33FN4O2. The number of nitrogens with zero attached hydrogens (tertiary/aromatic N) is 3. The van der Waals surface area contributed by atoms with E-state index in [1.807, 2.05) is 10.9 Å². The molecule has 2 aliphatic carbocycles. The van der Waals surface area contributed by atoms with Crippen molar-refractivity contribution in [2.45, 2.75) is 64.3 Å². The van der Waals surface area contributed by atoms with E-state index in [1.54, 1.807) is 30.5 Å². The molecule has 2 heterocycles. The Bertz CT molecular complexity index is 1280. The molecule has 5 rings (SSSR count). The van der Waals surface area contributed by atoms with Crippen LogP contribution in [-0.4, -0.2) is 33.8 Å². The van der Waals surface area contributed by atoms with Gasteiger partial charge in [-0.3, -0.25) is 4.79 Å². The predicted molar refractivity (Wildman–Crippen MR) is 137 cm³/mol. The number of amides is 1. The number of allylic oxidation sites excluding steroid dienone is 2. The minimum absolute atomic E-state index is 0.0831. The van der Waals surface area contributed by atoms with Crippen LogP contribution in [0.25, 0.3) is 5.69 Å². The van der Waals surface area contributed by atoms with Crippen LogP contribution in [0.1, 0.15) is 73.5 Å². The first-order valence-electron chi connectivity index (χ1n) is 12.8. The molecule has 0 fully saturated rings. The lowest BCUT2D eigenvalue weighted by molar-refractivity contribution is 0.0925. The number of methoxy groups -OCH3 is 1. The van der Waals surface area contributed by atoms with Gasteiger partial charge in [-0.1, -0.05) is 31.4 Å². The summed E-state index contributed by atoms with van der Waals surface area (Å²) in [5, 5.41) is 7.94. The Morgan fingerprint density at radius 2 is 2.08 bits per heavy atom. The highest BCUT2D eigenvalue weighted by Gasteiger charge is 2.37. The van der Waals surface area contributed by atoms with Gasteiger partial charge in [-0.15, -0.1) is 0 Å². The number of hydrogen-bond acceptors (Lipinski definition) is 4. The van der Waals surface area contributed by atoms with Gasteiger partial charge in [-0.2, -0.15) is 5.10 Å². The molecular weight excluding hydrogens is 455 g/mol. The van der Waals surface area contributed by atoms with E-state index in [9.17, 15) is 9.18 Å². The van der Waals surface area contributed by atoms with Crippen LogP contribution in [0, 0.1) is 11.7 Å². The molecule has 0 radical (unpaired) electrons. The molecule has 1 amide bonds. The quantitative estimate of drug-likeness (QED) is 0.409. The molecule has 1 aromatic carbocycles. The van der Waals surface area contributed by atoms with Gasteiger partial charge >= 0.3 is 0 Å². The van der Waals surface area contributed by atoms with Crippen molar-refractivity contribution in [2.75, 3.05) is 7.11 Å². The van der Waals surface area contributed by atoms with E-state index in [4.69, 9.17) is 4.74 Å². The molecule has 0 spiro atoms. The van der Waals surface area contributed by atoms with Gasteiger partial charge in [0, 0.05) is 30.1 Å². The molecule has 188 valence electrons. The van der Waals surface area contributed by atoms with Crippen molar-refractivity contribution in [3.8, 4) is 11.6 Å². The number of nitrogens with one attached hydrogen (secondary N) is 1. The fourth-order valence-corrected chi connectivity index (χ4v) is 6.06. The van der Waals surface area contributed by atoms with Crippen LogP contribution < -0.4 is 10.1 Å². The summed E-state index contributed by atoms with van der Waals surface area (Å²) in [7, 11) is 1.53. The molecule has 3 aromatic rings. The van der Waals surface area contributed by atoms with E-state index in [1.165, 1.54) is 41.6 Å². The Morgan fingerprint density at radius 1 is 1.28 bits per heavy atom. The molecule has 1 N–H and O–H groups in total. The van der Waals surface area contributed by atoms with E-state index in [0.717, 1.165) is 44.2 Å². The summed E-state index contributed by atoms with van der Waals surface area (Å²) < 4.78 is 20.7. The first-order chi connectivity index (χ1) is 17.5. The van der Waals surface area contributed by atoms with Gasteiger partial charge < -0.3 is 10.1 Å². The fourth-order valence-electron chi connectivity index (χ4n) is 6.06. The highest BCUT2D eigenvalue weighted by atomic mass is 19.1. The van der Waals surface area contributed by atoms with Crippen molar-refractivity contribution >= 4 is 5.91 Å². The Hall–Kier alpha value is -3.48. The molecule has 7 heteroatoms. The Balaban J connectivity index is 1.34. The lowest BCUT2D eigenvalue weighted by Gasteiger charge is -2.29. The molecule has 36 heavy (non-hydrogen) atoms. The maximum Gasteiger partial charge on any atom is 0.256 e. The Labute approximate surface area is 211 Å². The highest BCUT2D eigenvalue weighted by molar-refractivity contribution is 5.96. The summed E-state index contributed by atoms with van der Waals surface area (Å²) in [4.78, 5) is 17.2. The van der Waals surface area contributed by atoms with Crippen molar-refractivity contribution in [1.29, 1.82) is 0 Å². The number of carbonyl (C=O) groups excluding carboxylic acids is 1. The van der Waals surface area contributed by atoms with Crippen molar-refractivity contribution in [2.24, 2.45) is 5.92 Å². The van der Waals surface area contributed by atoms with Crippen LogP contribution in [0.5, 0.6) is 5.88 Å². The summed E-state index contributed by atoms with van der Waals surface area (Å²) in [5.74, 6) is 0.687. The van der Waals surface area contributed by atoms with Crippen LogP contribution in [0.2, 0.25) is 0 Å². The van der Waals surface area contributed by atoms with Gasteiger partial charge in [0.05, 0.1) is 24.7 Å². The number of benzene rings is 1. The van der Waals surface area contributed by atoms with Crippen LogP contribution in [0.3, 0.4) is 0 Å². The average molecular weight is 489 g/mol. The third kappa shape index (κ3) is 4.54. The second-order valence-corrected chi connectivity index (χ2v) is 9.88. The monoisotopic (exact) mass is 488 g/mol. The zero-order valence-electron chi connectivity index (χ0n) is 21.1. The van der Waals surface area contributed by atoms with E-state index < -0.39 is 0 Å². The van der Waals surface area contributed by atoms with Crippen LogP contribution >= 0.6 is 0 Å². The maximum atomic E-state index is 13.4. The SMILES string of the molecule is CCCC(C[C@H]1CCC2=C1[C@@H](C)c1cnn(-c3ccc(F)cc3)c1C2)NC(=O)c1cccnc1OC. The number of halogens is 1. The molecule has 3 atom stereocenters. The van der Waals surface area contributed by atoms with E-state index in [-0.39, 0.29) is 23.7 Å². The van der Waals surface area contributed by atoms with Gasteiger partial charge in [0.2, 0.25) is 5.88 Å². The van der Waals surface area contributed by atoms with E-state index >= 15 is 0 Å². The number of carbonyl (C=O) groups is 1. The van der Waals surface area contributed by atoms with Gasteiger partial charge in [0.1, 0.15) is 11.4 Å². The second-order valence-electron chi connectivity index (χ2n) is 9.88. The normalized spacial score (nSPS) is 19.6. The molecule has 1 unspecified atom stereocenters. The van der Waals surface area contributed by atoms with Crippen molar-refractivity contribution in [3.63, 3.8) is 0 Å². The van der Waals surface area contributed by atoms with Crippen LogP contribution in [-0.2, 0) is 6.42 Å². The molecule has 6 nitrogen and oxygen atoms in total. The topological polar surface area (TPSA) is 69.0 Å². The third-order valence-electron chi connectivity index (χ3n) is 7.68. The lowest BCUT2D eigenvalue weighted by Crippen LogP contribution is -2.37. The van der Waals surface area contributed by atoms with E-state index in [0.29, 0.717) is 17.4 Å². The molecule has 2 aliphatic rings. The van der Waals surface area contributed by atoms with Gasteiger partial charge in [-0.25, -0.2) is 14.1 Å². The molecule has 0 saturated carbocycles. The molecule has 2 aromatic heterocycles. The molecule has 0 bridgehead atoms. The van der Waals surface area contributed by atoms with Gasteiger partial charge in [-0.05, 0) is 68.0 Å². The van der Waals surface area contributed by atoms with E-state index in [2.05, 4.69) is 29.2 Å². The Kier molecular flexibility index (Phi) is 6.90. The summed E-state index contributed by atoms with van der Waals surface area (Å²) >= 11 is 0. The summed E-state index contributed by atoms with van der Waals surface area (Å²) in [5.41, 5.74) is 6.84. The largest absolute Gasteiger partial charge is 0.480 e. The summed E-state index contributed by atoms with van der Waals surface area (Å²) in [6, 6.07) is 10.1. The van der Waals surface area contributed by atoms with Crippen molar-refractivity contribution in [3.05, 3.63) is 82.6 Å². The first-order valence-corrected chi connectivity index (χ1v) is 12.8. The zero-order valence-corrected chi connectivity index (χ0v) is 21.1. The van der Waals surface area contributed by atoms with Crippen molar-refractivity contribution in [1.82, 2.24) is 20.1 Å². The third-order valence-corrected chi connectivity index (χ3v) is 7.68. The van der Waals surface area contributed by atoms with Crippen molar-refractivity contribution < 1.29 is 13.9 Å². The van der Waals surface area contributed by atoms with Crippen LogP contribution in [0.15, 0.2) is 59.9 Å². The minimum atomic E-state index is -0.243. The summed E-state index contributed by atoms with van der Waals surface area (Å²) in [6.45, 7) is 4.43. The summed E-state index contributed by atoms with van der Waals surface area (Å²) in [6.07, 6.45) is 9.50. The number of aromatic nitrogens is 3. The predicted octanol–water partition coefficient (Wildman–Crippen LogP) is 5.77. The molecule has 0 saturated heterocycles. The maximum absolute atomic E-state index is 13.4. The number of fused-ring (bicyclic) bond motifs is 1. The van der Waals surface area contributed by atoms with Gasteiger partial charge in [0.25, 0.3) is 5.91 Å². The second kappa shape index (κ2) is 10.2. The standard InChI is InChI=1S/C29H33FN4O2/c1-4-6-22(33-28(35)24-7-5-14-31-29(24)36-3)15-19-8-9-20-16-26-25(18(2)27(19)20)17-32-34(26)23-12-10-21(30)11-13-23/h5,7,10-14,17-19,22H,4,6,8-9,15-16H2,1-3H3,(H,33,35)/t18-,19+,22?/m0/s1. The number of hydrogen-bond donors (Lipinski definition) is 1. The zero-order chi connectivity index (χ0) is 25.2. The smallest absolute Gasteiger partial charge is 0.256 e. The average Bonchev–Trinajstić information content (AvgIpc) is 3.49. The fraction of sp³-hybridized carbons (Fsp3) is 0.414. The first kappa shape index (κ1) is 24.2.